The van der Waals surface area contributed by atoms with E-state index in [0.717, 1.165) is 10.6 Å². The van der Waals surface area contributed by atoms with Gasteiger partial charge < -0.3 is 4.74 Å². The van der Waals surface area contributed by atoms with E-state index in [0.29, 0.717) is 11.3 Å². The lowest BCUT2D eigenvalue weighted by molar-refractivity contribution is -0.386. The minimum atomic E-state index is -0.932. The normalized spacial score (nSPS) is 10.9. The Labute approximate surface area is 171 Å². The first-order valence-electron chi connectivity index (χ1n) is 8.79. The number of hydrogen-bond acceptors (Lipinski definition) is 7. The maximum absolute atomic E-state index is 12.6. The molecule has 0 saturated carbocycles. The number of pyridine rings is 2. The molecule has 2 heterocycles. The van der Waals surface area contributed by atoms with Crippen LogP contribution in [0.4, 0.5) is 16.2 Å². The van der Waals surface area contributed by atoms with E-state index >= 15 is 0 Å². The van der Waals surface area contributed by atoms with Crippen molar-refractivity contribution in [2.45, 2.75) is 39.7 Å². The molecule has 0 fully saturated rings. The van der Waals surface area contributed by atoms with E-state index in [1.165, 1.54) is 18.3 Å². The molecular weight excluding hydrogens is 394 g/mol. The molecule has 0 atom stereocenters. The number of carbonyl (C=O) groups is 2. The molecule has 158 valence electrons. The molecule has 2 aromatic heterocycles. The fourth-order valence-corrected chi connectivity index (χ4v) is 2.51. The van der Waals surface area contributed by atoms with Crippen LogP contribution < -0.4 is 10.9 Å². The molecule has 0 bridgehead atoms. The van der Waals surface area contributed by atoms with E-state index in [2.05, 4.69) is 22.0 Å². The zero-order chi connectivity index (χ0) is 22.6. The molecule has 1 N–H and O–H groups in total. The largest absolute Gasteiger partial charge is 0.444 e. The van der Waals surface area contributed by atoms with Crippen molar-refractivity contribution in [3.63, 3.8) is 0 Å². The molecular formula is C19H21N5O6. The lowest BCUT2D eigenvalue weighted by Crippen LogP contribution is -2.29. The molecule has 0 saturated heterocycles. The van der Waals surface area contributed by atoms with Gasteiger partial charge in [0.05, 0.1) is 17.0 Å². The van der Waals surface area contributed by atoms with Crippen LogP contribution in [0.3, 0.4) is 0 Å². The van der Waals surface area contributed by atoms with Gasteiger partial charge in [0.1, 0.15) is 5.60 Å². The maximum Gasteiger partial charge on any atom is 0.412 e. The Bertz CT molecular complexity index is 1080. The van der Waals surface area contributed by atoms with Gasteiger partial charge in [0.15, 0.2) is 5.82 Å². The van der Waals surface area contributed by atoms with E-state index in [1.54, 1.807) is 27.7 Å². The third-order valence-corrected chi connectivity index (χ3v) is 3.80. The summed E-state index contributed by atoms with van der Waals surface area (Å²) < 4.78 is 6.17. The third kappa shape index (κ3) is 5.34. The fourth-order valence-electron chi connectivity index (χ4n) is 2.51. The average molecular weight is 415 g/mol. The van der Waals surface area contributed by atoms with E-state index in [-0.39, 0.29) is 17.9 Å². The zero-order valence-electron chi connectivity index (χ0n) is 17.0. The van der Waals surface area contributed by atoms with E-state index in [4.69, 9.17) is 4.74 Å². The molecule has 11 nitrogen and oxygen atoms in total. The standard InChI is InChI=1S/C19H21N5O6/c1-11-12(10-15(25)20-5)9-13(22-18(27)30-19(2,3)4)16(21-11)23-8-6-7-14(17(23)26)24(28)29/h6-9H,5,10H2,1-4H3,(H,22,27). The first-order chi connectivity index (χ1) is 13.9. The molecule has 0 aliphatic heterocycles. The van der Waals surface area contributed by atoms with Gasteiger partial charge in [-0.25, -0.2) is 14.8 Å². The lowest BCUT2D eigenvalue weighted by atomic mass is 10.1. The number of hydrogen-bond donors (Lipinski definition) is 1. The molecule has 2 rings (SSSR count). The van der Waals surface area contributed by atoms with Gasteiger partial charge in [-0.2, -0.15) is 0 Å². The number of anilines is 1. The molecule has 0 aliphatic carbocycles. The van der Waals surface area contributed by atoms with Crippen LogP contribution in [-0.2, 0) is 16.0 Å². The summed E-state index contributed by atoms with van der Waals surface area (Å²) in [5.74, 6) is -0.571. The number of aliphatic imine (C=N–C) groups is 1. The Balaban J connectivity index is 2.65. The van der Waals surface area contributed by atoms with Crippen molar-refractivity contribution in [1.29, 1.82) is 0 Å². The minimum absolute atomic E-state index is 0.0318. The highest BCUT2D eigenvalue weighted by Gasteiger charge is 2.22. The predicted molar refractivity (Wildman–Crippen MR) is 109 cm³/mol. The second-order valence-corrected chi connectivity index (χ2v) is 7.29. The van der Waals surface area contributed by atoms with Gasteiger partial charge in [0, 0.05) is 18.0 Å². The maximum atomic E-state index is 12.6. The second-order valence-electron chi connectivity index (χ2n) is 7.29. The number of rotatable bonds is 5. The Morgan fingerprint density at radius 3 is 2.63 bits per heavy atom. The van der Waals surface area contributed by atoms with Crippen LogP contribution in [0.15, 0.2) is 34.2 Å². The highest BCUT2D eigenvalue weighted by molar-refractivity contribution is 5.88. The van der Waals surface area contributed by atoms with Crippen molar-refractivity contribution in [2.24, 2.45) is 4.99 Å². The fraction of sp³-hybridized carbons (Fsp3) is 0.316. The summed E-state index contributed by atoms with van der Waals surface area (Å²) >= 11 is 0. The first kappa shape index (κ1) is 22.4. The van der Waals surface area contributed by atoms with Crippen molar-refractivity contribution in [3.05, 3.63) is 56.1 Å². The monoisotopic (exact) mass is 415 g/mol. The number of ether oxygens (including phenoxy) is 1. The molecule has 2 amide bonds. The number of nitro groups is 1. The van der Waals surface area contributed by atoms with Gasteiger partial charge in [-0.05, 0) is 52.1 Å². The van der Waals surface area contributed by atoms with Crippen molar-refractivity contribution in [2.75, 3.05) is 5.32 Å². The molecule has 2 aromatic rings. The molecule has 30 heavy (non-hydrogen) atoms. The van der Waals surface area contributed by atoms with Gasteiger partial charge in [0.2, 0.25) is 5.91 Å². The summed E-state index contributed by atoms with van der Waals surface area (Å²) in [6.45, 7) is 9.79. The third-order valence-electron chi connectivity index (χ3n) is 3.80. The summed E-state index contributed by atoms with van der Waals surface area (Å²) in [5, 5.41) is 13.6. The van der Waals surface area contributed by atoms with Crippen molar-refractivity contribution in [1.82, 2.24) is 9.55 Å². The minimum Gasteiger partial charge on any atom is -0.444 e. The highest BCUT2D eigenvalue weighted by atomic mass is 16.6. The Kier molecular flexibility index (Phi) is 6.45. The van der Waals surface area contributed by atoms with Crippen LogP contribution >= 0.6 is 0 Å². The quantitative estimate of drug-likeness (QED) is 0.448. The van der Waals surface area contributed by atoms with Gasteiger partial charge in [-0.15, -0.1) is 0 Å². The number of aromatic nitrogens is 2. The van der Waals surface area contributed by atoms with Gasteiger partial charge in [0.25, 0.3) is 0 Å². The predicted octanol–water partition coefficient (Wildman–Crippen LogP) is 2.57. The van der Waals surface area contributed by atoms with Crippen LogP contribution in [0.25, 0.3) is 5.82 Å². The summed E-state index contributed by atoms with van der Waals surface area (Å²) in [6, 6.07) is 3.82. The molecule has 11 heteroatoms. The van der Waals surface area contributed by atoms with E-state index < -0.39 is 33.8 Å². The van der Waals surface area contributed by atoms with Gasteiger partial charge >= 0.3 is 17.3 Å². The summed E-state index contributed by atoms with van der Waals surface area (Å²) in [5.41, 5.74) is -1.55. The molecule has 0 unspecified atom stereocenters. The Hall–Kier alpha value is -3.89. The van der Waals surface area contributed by atoms with Gasteiger partial charge in [-0.1, -0.05) is 0 Å². The smallest absolute Gasteiger partial charge is 0.412 e. The second kappa shape index (κ2) is 8.64. The van der Waals surface area contributed by atoms with Crippen molar-refractivity contribution >= 4 is 30.1 Å². The number of nitrogens with one attached hydrogen (secondary N) is 1. The Morgan fingerprint density at radius 2 is 2.07 bits per heavy atom. The van der Waals surface area contributed by atoms with Crippen LogP contribution in [0.1, 0.15) is 32.0 Å². The summed E-state index contributed by atoms with van der Waals surface area (Å²) in [6.07, 6.45) is 0.329. The lowest BCUT2D eigenvalue weighted by Gasteiger charge is -2.21. The zero-order valence-corrected chi connectivity index (χ0v) is 17.0. The highest BCUT2D eigenvalue weighted by Crippen LogP contribution is 2.23. The van der Waals surface area contributed by atoms with Gasteiger partial charge in [-0.3, -0.25) is 29.6 Å². The molecule has 0 radical (unpaired) electrons. The number of amides is 2. The van der Waals surface area contributed by atoms with Crippen LogP contribution in [0.2, 0.25) is 0 Å². The van der Waals surface area contributed by atoms with Crippen LogP contribution in [0.5, 0.6) is 0 Å². The molecule has 0 aromatic carbocycles. The molecule has 0 spiro atoms. The average Bonchev–Trinajstić information content (AvgIpc) is 2.62. The van der Waals surface area contributed by atoms with Crippen molar-refractivity contribution in [3.8, 4) is 5.82 Å². The SMILES string of the molecule is C=NC(=O)Cc1cc(NC(=O)OC(C)(C)C)c(-n2cccc([N+](=O)[O-])c2=O)nc1C. The van der Waals surface area contributed by atoms with Crippen molar-refractivity contribution < 1.29 is 19.2 Å². The molecule has 0 aliphatic rings. The topological polar surface area (TPSA) is 146 Å². The van der Waals surface area contributed by atoms with Crippen LogP contribution in [0, 0.1) is 17.0 Å². The Morgan fingerprint density at radius 1 is 1.40 bits per heavy atom. The van der Waals surface area contributed by atoms with E-state index in [9.17, 15) is 24.5 Å². The first-order valence-corrected chi connectivity index (χ1v) is 8.79. The van der Waals surface area contributed by atoms with Crippen LogP contribution in [-0.4, -0.2) is 38.8 Å². The summed E-state index contributed by atoms with van der Waals surface area (Å²) in [4.78, 5) is 54.5. The number of aryl methyl sites for hydroxylation is 1. The van der Waals surface area contributed by atoms with E-state index in [1.807, 2.05) is 0 Å². The summed E-state index contributed by atoms with van der Waals surface area (Å²) in [7, 11) is 0. The number of carbonyl (C=O) groups excluding carboxylic acids is 2. The number of nitrogens with zero attached hydrogens (tertiary/aromatic N) is 4.